The van der Waals surface area contributed by atoms with Crippen molar-refractivity contribution in [3.8, 4) is 5.75 Å². The first-order valence-corrected chi connectivity index (χ1v) is 12.4. The van der Waals surface area contributed by atoms with Crippen LogP contribution >= 0.6 is 11.3 Å². The number of carbonyl (C=O) groups is 1. The predicted octanol–water partition coefficient (Wildman–Crippen LogP) is 3.89. The molecule has 1 amide bonds. The SMILES string of the molecule is CC(C)OC[C@@H](O)CN(CC(=O)N1CCc2sccc2[C@@H]1COc1ccc(F)cc1)C(C)C. The smallest absolute Gasteiger partial charge is 0.237 e. The average Bonchev–Trinajstić information content (AvgIpc) is 3.25. The summed E-state index contributed by atoms with van der Waals surface area (Å²) in [6, 6.07) is 7.87. The minimum atomic E-state index is -0.662. The molecule has 0 unspecified atom stereocenters. The van der Waals surface area contributed by atoms with Crippen molar-refractivity contribution in [3.05, 3.63) is 52.0 Å². The first kappa shape index (κ1) is 25.6. The van der Waals surface area contributed by atoms with Gasteiger partial charge in [0.15, 0.2) is 0 Å². The maximum absolute atomic E-state index is 13.4. The third-order valence-corrected chi connectivity index (χ3v) is 6.77. The van der Waals surface area contributed by atoms with E-state index in [1.54, 1.807) is 23.5 Å². The number of rotatable bonds is 11. The molecule has 1 N–H and O–H groups in total. The Labute approximate surface area is 199 Å². The van der Waals surface area contributed by atoms with Crippen LogP contribution in [0.15, 0.2) is 35.7 Å². The van der Waals surface area contributed by atoms with Gasteiger partial charge < -0.3 is 19.5 Å². The van der Waals surface area contributed by atoms with Crippen LogP contribution in [0.2, 0.25) is 0 Å². The molecule has 0 saturated heterocycles. The lowest BCUT2D eigenvalue weighted by atomic mass is 10.00. The molecule has 0 bridgehead atoms. The average molecular weight is 479 g/mol. The molecule has 2 atom stereocenters. The molecule has 182 valence electrons. The Bertz CT molecular complexity index is 887. The van der Waals surface area contributed by atoms with Crippen LogP contribution in [-0.4, -0.2) is 71.9 Å². The lowest BCUT2D eigenvalue weighted by Crippen LogP contribution is -2.49. The standard InChI is InChI=1S/C25H35FN2O4S/c1-17(2)27(13-20(29)15-31-18(3)4)14-25(30)28-11-9-24-22(10-12-33-24)23(28)16-32-21-7-5-19(26)6-8-21/h5-8,10,12,17-18,20,23,29H,9,11,13-16H2,1-4H3/t20-,23-/m0/s1. The number of amides is 1. The highest BCUT2D eigenvalue weighted by Gasteiger charge is 2.33. The normalized spacial score (nSPS) is 17.0. The number of halogens is 1. The quantitative estimate of drug-likeness (QED) is 0.531. The van der Waals surface area contributed by atoms with E-state index in [0.717, 1.165) is 12.0 Å². The van der Waals surface area contributed by atoms with Crippen molar-refractivity contribution in [1.82, 2.24) is 9.80 Å². The molecule has 1 aromatic heterocycles. The number of nitrogens with zero attached hydrogens (tertiary/aromatic N) is 2. The van der Waals surface area contributed by atoms with Gasteiger partial charge in [-0.3, -0.25) is 9.69 Å². The fraction of sp³-hybridized carbons (Fsp3) is 0.560. The van der Waals surface area contributed by atoms with E-state index in [4.69, 9.17) is 9.47 Å². The molecular weight excluding hydrogens is 443 g/mol. The number of hydrogen-bond acceptors (Lipinski definition) is 6. The lowest BCUT2D eigenvalue weighted by Gasteiger charge is -2.38. The van der Waals surface area contributed by atoms with Gasteiger partial charge in [-0.05, 0) is 75.4 Å². The molecule has 2 aromatic rings. The zero-order valence-corrected chi connectivity index (χ0v) is 20.7. The van der Waals surface area contributed by atoms with Gasteiger partial charge in [-0.2, -0.15) is 0 Å². The molecule has 0 radical (unpaired) electrons. The molecule has 6 nitrogen and oxygen atoms in total. The molecule has 0 saturated carbocycles. The van der Waals surface area contributed by atoms with Crippen LogP contribution in [0.3, 0.4) is 0 Å². The Morgan fingerprint density at radius 3 is 2.64 bits per heavy atom. The minimum Gasteiger partial charge on any atom is -0.491 e. The molecule has 3 rings (SSSR count). The van der Waals surface area contributed by atoms with E-state index < -0.39 is 6.10 Å². The van der Waals surface area contributed by atoms with Crippen LogP contribution in [-0.2, 0) is 16.0 Å². The second kappa shape index (κ2) is 11.9. The second-order valence-corrected chi connectivity index (χ2v) is 9.98. The summed E-state index contributed by atoms with van der Waals surface area (Å²) in [5, 5.41) is 12.4. The van der Waals surface area contributed by atoms with Crippen molar-refractivity contribution in [2.45, 2.75) is 58.4 Å². The van der Waals surface area contributed by atoms with Crippen LogP contribution < -0.4 is 4.74 Å². The molecule has 8 heteroatoms. The van der Waals surface area contributed by atoms with Gasteiger partial charge in [0, 0.05) is 24.0 Å². The Kier molecular flexibility index (Phi) is 9.26. The highest BCUT2D eigenvalue weighted by atomic mass is 32.1. The number of benzene rings is 1. The van der Waals surface area contributed by atoms with Gasteiger partial charge in [0.05, 0.1) is 31.4 Å². The molecule has 1 aromatic carbocycles. The van der Waals surface area contributed by atoms with Gasteiger partial charge >= 0.3 is 0 Å². The predicted molar refractivity (Wildman–Crippen MR) is 128 cm³/mol. The van der Waals surface area contributed by atoms with Crippen molar-refractivity contribution < 1.29 is 23.8 Å². The summed E-state index contributed by atoms with van der Waals surface area (Å²) in [5.41, 5.74) is 1.11. The third-order valence-electron chi connectivity index (χ3n) is 5.77. The summed E-state index contributed by atoms with van der Waals surface area (Å²) >= 11 is 1.70. The monoisotopic (exact) mass is 478 g/mol. The third kappa shape index (κ3) is 7.24. The van der Waals surface area contributed by atoms with Gasteiger partial charge in [0.1, 0.15) is 18.2 Å². The van der Waals surface area contributed by atoms with E-state index in [2.05, 4.69) is 11.4 Å². The molecule has 0 spiro atoms. The Hall–Kier alpha value is -2.00. The summed E-state index contributed by atoms with van der Waals surface area (Å²) in [5.74, 6) is 0.264. The van der Waals surface area contributed by atoms with E-state index in [-0.39, 0.29) is 43.1 Å². The minimum absolute atomic E-state index is 0.00485. The topological polar surface area (TPSA) is 62.2 Å². The number of hydrogen-bond donors (Lipinski definition) is 1. The number of thiophene rings is 1. The van der Waals surface area contributed by atoms with Crippen LogP contribution in [0.5, 0.6) is 5.75 Å². The fourth-order valence-electron chi connectivity index (χ4n) is 3.93. The van der Waals surface area contributed by atoms with Crippen LogP contribution in [0.25, 0.3) is 0 Å². The fourth-order valence-corrected chi connectivity index (χ4v) is 4.86. The molecule has 33 heavy (non-hydrogen) atoms. The van der Waals surface area contributed by atoms with Crippen molar-refractivity contribution >= 4 is 17.2 Å². The van der Waals surface area contributed by atoms with Crippen LogP contribution in [0.4, 0.5) is 4.39 Å². The second-order valence-electron chi connectivity index (χ2n) is 8.98. The Morgan fingerprint density at radius 2 is 1.97 bits per heavy atom. The summed E-state index contributed by atoms with van der Waals surface area (Å²) in [6.45, 7) is 9.64. The van der Waals surface area contributed by atoms with Crippen molar-refractivity contribution in [1.29, 1.82) is 0 Å². The number of aliphatic hydroxyl groups is 1. The number of fused-ring (bicyclic) bond motifs is 1. The van der Waals surface area contributed by atoms with E-state index in [9.17, 15) is 14.3 Å². The summed E-state index contributed by atoms with van der Waals surface area (Å²) in [7, 11) is 0. The van der Waals surface area contributed by atoms with E-state index in [0.29, 0.717) is 25.4 Å². The molecule has 0 aliphatic carbocycles. The summed E-state index contributed by atoms with van der Waals surface area (Å²) in [4.78, 5) is 18.6. The maximum atomic E-state index is 13.4. The Balaban J connectivity index is 1.68. The van der Waals surface area contributed by atoms with Gasteiger partial charge in [-0.1, -0.05) is 0 Å². The number of carbonyl (C=O) groups excluding carboxylic acids is 1. The lowest BCUT2D eigenvalue weighted by molar-refractivity contribution is -0.137. The Morgan fingerprint density at radius 1 is 1.24 bits per heavy atom. The van der Waals surface area contributed by atoms with Crippen LogP contribution in [0, 0.1) is 5.82 Å². The number of aliphatic hydroxyl groups excluding tert-OH is 1. The van der Waals surface area contributed by atoms with Gasteiger partial charge in [-0.15, -0.1) is 11.3 Å². The highest BCUT2D eigenvalue weighted by Crippen LogP contribution is 2.34. The number of ether oxygens (including phenoxy) is 2. The largest absolute Gasteiger partial charge is 0.491 e. The molecule has 0 fully saturated rings. The van der Waals surface area contributed by atoms with Gasteiger partial charge in [0.2, 0.25) is 5.91 Å². The van der Waals surface area contributed by atoms with Gasteiger partial charge in [-0.25, -0.2) is 4.39 Å². The zero-order valence-electron chi connectivity index (χ0n) is 19.9. The first-order valence-electron chi connectivity index (χ1n) is 11.5. The van der Waals surface area contributed by atoms with Crippen LogP contribution in [0.1, 0.15) is 44.2 Å². The van der Waals surface area contributed by atoms with E-state index in [1.807, 2.05) is 37.5 Å². The molecule has 2 heterocycles. The van der Waals surface area contributed by atoms with Crippen molar-refractivity contribution in [3.63, 3.8) is 0 Å². The summed E-state index contributed by atoms with van der Waals surface area (Å²) < 4.78 is 24.7. The van der Waals surface area contributed by atoms with Gasteiger partial charge in [0.25, 0.3) is 0 Å². The molecule has 1 aliphatic heterocycles. The highest BCUT2D eigenvalue weighted by molar-refractivity contribution is 7.10. The molecule has 1 aliphatic rings. The van der Waals surface area contributed by atoms with E-state index >= 15 is 0 Å². The maximum Gasteiger partial charge on any atom is 0.237 e. The summed E-state index contributed by atoms with van der Waals surface area (Å²) in [6.07, 6.45) is 0.201. The molecular formula is C25H35FN2O4S. The zero-order chi connectivity index (χ0) is 24.0. The van der Waals surface area contributed by atoms with E-state index in [1.165, 1.54) is 17.0 Å². The van der Waals surface area contributed by atoms with Crippen molar-refractivity contribution in [2.24, 2.45) is 0 Å². The van der Waals surface area contributed by atoms with Crippen molar-refractivity contribution in [2.75, 3.05) is 32.8 Å². The first-order chi connectivity index (χ1) is 15.7.